The molecule has 1 aliphatic rings. The molecule has 0 bridgehead atoms. The molecule has 1 fully saturated rings. The van der Waals surface area contributed by atoms with Gasteiger partial charge in [0.1, 0.15) is 6.10 Å². The normalized spacial score (nSPS) is 17.3. The minimum Gasteiger partial charge on any atom is -0.376 e. The summed E-state index contributed by atoms with van der Waals surface area (Å²) >= 11 is 0. The zero-order valence-corrected chi connectivity index (χ0v) is 7.40. The molecule has 1 aromatic carbocycles. The van der Waals surface area contributed by atoms with Gasteiger partial charge in [0.2, 0.25) is 0 Å². The Morgan fingerprint density at radius 3 is 2.54 bits per heavy atom. The highest BCUT2D eigenvalue weighted by molar-refractivity contribution is 5.25. The lowest BCUT2D eigenvalue weighted by molar-refractivity contribution is 0.238. The number of hydrogen-bond acceptors (Lipinski definition) is 1. The molecule has 0 spiro atoms. The van der Waals surface area contributed by atoms with E-state index in [0.29, 0.717) is 5.92 Å². The monoisotopic (exact) mass is 172 g/mol. The van der Waals surface area contributed by atoms with E-state index in [-0.39, 0.29) is 0 Å². The van der Waals surface area contributed by atoms with Gasteiger partial charge < -0.3 is 5.11 Å². The highest BCUT2D eigenvalue weighted by Crippen LogP contribution is 2.27. The Bertz CT molecular complexity index is 327. The van der Waals surface area contributed by atoms with Gasteiger partial charge in [0.25, 0.3) is 0 Å². The van der Waals surface area contributed by atoms with Crippen molar-refractivity contribution in [2.45, 2.75) is 18.9 Å². The third-order valence-electron chi connectivity index (χ3n) is 2.12. The Labute approximate surface area is 78.4 Å². The van der Waals surface area contributed by atoms with Crippen molar-refractivity contribution in [3.05, 3.63) is 35.9 Å². The molecule has 1 aliphatic carbocycles. The molecule has 0 aromatic heterocycles. The fourth-order valence-electron chi connectivity index (χ4n) is 1.14. The van der Waals surface area contributed by atoms with E-state index in [4.69, 9.17) is 0 Å². The molecule has 1 saturated carbocycles. The van der Waals surface area contributed by atoms with E-state index in [0.717, 1.165) is 5.56 Å². The van der Waals surface area contributed by atoms with Crippen molar-refractivity contribution in [3.63, 3.8) is 0 Å². The van der Waals surface area contributed by atoms with E-state index in [1.165, 1.54) is 12.8 Å². The molecule has 2 rings (SSSR count). The second-order valence-electron chi connectivity index (χ2n) is 3.38. The van der Waals surface area contributed by atoms with Crippen LogP contribution in [0.25, 0.3) is 0 Å². The molecule has 1 atom stereocenters. The minimum atomic E-state index is -0.609. The van der Waals surface area contributed by atoms with Gasteiger partial charge in [0.15, 0.2) is 0 Å². The molecule has 13 heavy (non-hydrogen) atoms. The Kier molecular flexibility index (Phi) is 2.33. The van der Waals surface area contributed by atoms with Gasteiger partial charge in [0.05, 0.1) is 0 Å². The van der Waals surface area contributed by atoms with E-state index in [1.807, 2.05) is 30.3 Å². The molecule has 1 nitrogen and oxygen atoms in total. The lowest BCUT2D eigenvalue weighted by Crippen LogP contribution is -1.92. The average molecular weight is 172 g/mol. The van der Waals surface area contributed by atoms with Crippen molar-refractivity contribution in [2.24, 2.45) is 5.92 Å². The number of rotatable bonds is 1. The predicted octanol–water partition coefficient (Wildman–Crippen LogP) is 2.13. The maximum atomic E-state index is 9.62. The van der Waals surface area contributed by atoms with Crippen LogP contribution in [0.1, 0.15) is 24.5 Å². The highest BCUT2D eigenvalue weighted by atomic mass is 16.3. The Morgan fingerprint density at radius 2 is 1.92 bits per heavy atom. The van der Waals surface area contributed by atoms with Gasteiger partial charge in [0, 0.05) is 5.92 Å². The number of aliphatic hydroxyl groups is 1. The minimum absolute atomic E-state index is 0.554. The van der Waals surface area contributed by atoms with E-state index >= 15 is 0 Å². The maximum Gasteiger partial charge on any atom is 0.140 e. The largest absolute Gasteiger partial charge is 0.376 e. The van der Waals surface area contributed by atoms with Crippen LogP contribution in [0.2, 0.25) is 0 Å². The maximum absolute atomic E-state index is 9.62. The van der Waals surface area contributed by atoms with Gasteiger partial charge in [-0.2, -0.15) is 0 Å². The smallest absolute Gasteiger partial charge is 0.140 e. The van der Waals surface area contributed by atoms with E-state index in [2.05, 4.69) is 11.8 Å². The second kappa shape index (κ2) is 3.64. The van der Waals surface area contributed by atoms with E-state index in [9.17, 15) is 5.11 Å². The number of benzene rings is 1. The summed E-state index contributed by atoms with van der Waals surface area (Å²) in [6, 6.07) is 9.55. The zero-order chi connectivity index (χ0) is 9.10. The molecule has 1 aromatic rings. The van der Waals surface area contributed by atoms with Crippen molar-refractivity contribution in [1.29, 1.82) is 0 Å². The van der Waals surface area contributed by atoms with Crippen LogP contribution < -0.4 is 0 Å². The first-order valence-electron chi connectivity index (χ1n) is 4.60. The summed E-state index contributed by atoms with van der Waals surface area (Å²) in [6.07, 6.45) is 1.80. The van der Waals surface area contributed by atoms with Gasteiger partial charge in [-0.15, -0.1) is 0 Å². The van der Waals surface area contributed by atoms with Gasteiger partial charge in [-0.3, -0.25) is 0 Å². The predicted molar refractivity (Wildman–Crippen MR) is 51.9 cm³/mol. The zero-order valence-electron chi connectivity index (χ0n) is 7.40. The molecule has 0 saturated heterocycles. The number of aliphatic hydroxyl groups excluding tert-OH is 1. The first-order chi connectivity index (χ1) is 6.36. The van der Waals surface area contributed by atoms with Crippen LogP contribution in [0.5, 0.6) is 0 Å². The third kappa shape index (κ3) is 2.34. The Morgan fingerprint density at radius 1 is 1.23 bits per heavy atom. The van der Waals surface area contributed by atoms with Crippen LogP contribution in [0.3, 0.4) is 0 Å². The Balaban J connectivity index is 2.05. The summed E-state index contributed by atoms with van der Waals surface area (Å²) in [5.74, 6) is 6.48. The van der Waals surface area contributed by atoms with E-state index < -0.39 is 6.10 Å². The fourth-order valence-corrected chi connectivity index (χ4v) is 1.14. The van der Waals surface area contributed by atoms with E-state index in [1.54, 1.807) is 0 Å². The molecule has 66 valence electrons. The summed E-state index contributed by atoms with van der Waals surface area (Å²) in [7, 11) is 0. The summed E-state index contributed by atoms with van der Waals surface area (Å²) in [5.41, 5.74) is 0.885. The van der Waals surface area contributed by atoms with Gasteiger partial charge in [-0.1, -0.05) is 42.2 Å². The highest BCUT2D eigenvalue weighted by Gasteiger charge is 2.18. The van der Waals surface area contributed by atoms with Crippen molar-refractivity contribution in [3.8, 4) is 11.8 Å². The fraction of sp³-hybridized carbons (Fsp3) is 0.333. The molecule has 1 unspecified atom stereocenters. The quantitative estimate of drug-likeness (QED) is 0.643. The molecular weight excluding hydrogens is 160 g/mol. The van der Waals surface area contributed by atoms with Crippen LogP contribution in [-0.2, 0) is 0 Å². The topological polar surface area (TPSA) is 20.2 Å². The SMILES string of the molecule is OC(C#CC1CC1)c1ccccc1. The van der Waals surface area contributed by atoms with Crippen LogP contribution in [0, 0.1) is 17.8 Å². The summed E-state index contributed by atoms with van der Waals surface area (Å²) in [4.78, 5) is 0. The lowest BCUT2D eigenvalue weighted by atomic mass is 10.1. The molecule has 0 amide bonds. The molecule has 1 N–H and O–H groups in total. The molecule has 0 radical (unpaired) electrons. The summed E-state index contributed by atoms with van der Waals surface area (Å²) in [5, 5.41) is 9.62. The first kappa shape index (κ1) is 8.34. The van der Waals surface area contributed by atoms with Crippen molar-refractivity contribution in [2.75, 3.05) is 0 Å². The molecule has 0 aliphatic heterocycles. The third-order valence-corrected chi connectivity index (χ3v) is 2.12. The van der Waals surface area contributed by atoms with Crippen molar-refractivity contribution in [1.82, 2.24) is 0 Å². The Hall–Kier alpha value is -1.26. The number of hydrogen-bond donors (Lipinski definition) is 1. The molecular formula is C12H12O. The molecule has 1 heteroatoms. The van der Waals surface area contributed by atoms with Gasteiger partial charge in [-0.05, 0) is 18.4 Å². The van der Waals surface area contributed by atoms with Crippen molar-refractivity contribution < 1.29 is 5.11 Å². The average Bonchev–Trinajstić information content (AvgIpc) is 2.99. The van der Waals surface area contributed by atoms with Crippen molar-refractivity contribution >= 4 is 0 Å². The standard InChI is InChI=1S/C12H12O/c13-12(9-8-10-6-7-10)11-4-2-1-3-5-11/h1-5,10,12-13H,6-7H2. The van der Waals surface area contributed by atoms with Crippen LogP contribution in [-0.4, -0.2) is 5.11 Å². The first-order valence-corrected chi connectivity index (χ1v) is 4.60. The lowest BCUT2D eigenvalue weighted by Gasteiger charge is -2.01. The van der Waals surface area contributed by atoms with Crippen LogP contribution in [0.15, 0.2) is 30.3 Å². The summed E-state index contributed by atoms with van der Waals surface area (Å²) < 4.78 is 0. The second-order valence-corrected chi connectivity index (χ2v) is 3.38. The van der Waals surface area contributed by atoms with Crippen LogP contribution in [0.4, 0.5) is 0 Å². The van der Waals surface area contributed by atoms with Gasteiger partial charge in [-0.25, -0.2) is 0 Å². The van der Waals surface area contributed by atoms with Gasteiger partial charge >= 0.3 is 0 Å². The summed E-state index contributed by atoms with van der Waals surface area (Å²) in [6.45, 7) is 0. The molecule has 0 heterocycles. The van der Waals surface area contributed by atoms with Crippen LogP contribution >= 0.6 is 0 Å².